The maximum Gasteiger partial charge on any atom is 0.407 e. The Morgan fingerprint density at radius 1 is 1.20 bits per heavy atom. The van der Waals surface area contributed by atoms with Crippen LogP contribution in [0.1, 0.15) is 31.7 Å². The molecular weight excluding hydrogens is 316 g/mol. The Labute approximate surface area is 147 Å². The van der Waals surface area contributed by atoms with Crippen molar-refractivity contribution >= 4 is 12.0 Å². The molecule has 3 heterocycles. The highest BCUT2D eigenvalue weighted by atomic mass is 16.6. The van der Waals surface area contributed by atoms with Crippen LogP contribution in [-0.4, -0.2) is 42.1 Å². The van der Waals surface area contributed by atoms with Crippen molar-refractivity contribution in [3.8, 4) is 0 Å². The van der Waals surface area contributed by atoms with E-state index in [0.717, 1.165) is 25.9 Å². The van der Waals surface area contributed by atoms with Gasteiger partial charge in [0.25, 0.3) is 0 Å². The number of cyclic esters (lactones) is 1. The van der Waals surface area contributed by atoms with Crippen molar-refractivity contribution in [3.63, 3.8) is 0 Å². The van der Waals surface area contributed by atoms with Gasteiger partial charge in [-0.25, -0.2) is 4.79 Å². The third-order valence-corrected chi connectivity index (χ3v) is 7.32. The van der Waals surface area contributed by atoms with E-state index in [1.54, 1.807) is 0 Å². The fraction of sp³-hybridized carbons (Fsp3) is 0.600. The highest BCUT2D eigenvalue weighted by Crippen LogP contribution is 2.57. The van der Waals surface area contributed by atoms with Crippen LogP contribution in [-0.2, 0) is 14.9 Å². The number of nitrogens with one attached hydrogen (secondary N) is 1. The minimum atomic E-state index is -0.344. The highest BCUT2D eigenvalue weighted by Gasteiger charge is 2.59. The predicted octanol–water partition coefficient (Wildman–Crippen LogP) is 2.31. The predicted molar refractivity (Wildman–Crippen MR) is 91.9 cm³/mol. The Kier molecular flexibility index (Phi) is 3.04. The van der Waals surface area contributed by atoms with Crippen LogP contribution in [0.4, 0.5) is 4.79 Å². The molecule has 1 aromatic rings. The second-order valence-electron chi connectivity index (χ2n) is 8.61. The Balaban J connectivity index is 1.24. The quantitative estimate of drug-likeness (QED) is 0.899. The lowest BCUT2D eigenvalue weighted by Crippen LogP contribution is -2.66. The van der Waals surface area contributed by atoms with Crippen LogP contribution in [0.5, 0.6) is 0 Å². The zero-order chi connectivity index (χ0) is 17.2. The largest absolute Gasteiger partial charge is 0.447 e. The van der Waals surface area contributed by atoms with Crippen LogP contribution in [0.2, 0.25) is 0 Å². The molecule has 5 nitrogen and oxygen atoms in total. The molecule has 25 heavy (non-hydrogen) atoms. The lowest BCUT2D eigenvalue weighted by atomic mass is 9.48. The number of piperidine rings is 2. The summed E-state index contributed by atoms with van der Waals surface area (Å²) < 4.78 is 5.01. The number of carbonyl (C=O) groups excluding carboxylic acids is 2. The molecule has 3 aliphatic heterocycles. The molecule has 2 aliphatic carbocycles. The third kappa shape index (κ3) is 2.07. The van der Waals surface area contributed by atoms with Gasteiger partial charge in [0.05, 0.1) is 5.54 Å². The molecule has 6 rings (SSSR count). The first-order valence-corrected chi connectivity index (χ1v) is 9.29. The van der Waals surface area contributed by atoms with E-state index in [1.165, 1.54) is 12.0 Å². The molecule has 5 heteroatoms. The molecule has 2 bridgehead atoms. The Morgan fingerprint density at radius 2 is 1.88 bits per heavy atom. The molecule has 5 fully saturated rings. The maximum absolute atomic E-state index is 12.9. The molecule has 1 N–H and O–H groups in total. The molecule has 1 spiro atoms. The summed E-state index contributed by atoms with van der Waals surface area (Å²) in [4.78, 5) is 26.2. The van der Waals surface area contributed by atoms with Crippen molar-refractivity contribution in [2.75, 3.05) is 19.7 Å². The molecule has 5 aliphatic rings. The van der Waals surface area contributed by atoms with Gasteiger partial charge in [-0.2, -0.15) is 0 Å². The summed E-state index contributed by atoms with van der Waals surface area (Å²) in [5.74, 6) is 1.43. The summed E-state index contributed by atoms with van der Waals surface area (Å²) in [6.07, 6.45) is 2.33. The summed E-state index contributed by atoms with van der Waals surface area (Å²) in [6, 6.07) is 10.8. The van der Waals surface area contributed by atoms with Gasteiger partial charge in [0.2, 0.25) is 5.91 Å². The number of benzene rings is 1. The minimum absolute atomic E-state index is 0.0440. The number of hydrogen-bond donors (Lipinski definition) is 1. The van der Waals surface area contributed by atoms with Crippen molar-refractivity contribution < 1.29 is 14.3 Å². The van der Waals surface area contributed by atoms with Crippen LogP contribution in [0.3, 0.4) is 0 Å². The number of amides is 2. The molecule has 3 saturated heterocycles. The van der Waals surface area contributed by atoms with E-state index in [9.17, 15) is 9.59 Å². The van der Waals surface area contributed by atoms with Gasteiger partial charge < -0.3 is 15.0 Å². The first kappa shape index (κ1) is 15.2. The first-order valence-electron chi connectivity index (χ1n) is 9.29. The van der Waals surface area contributed by atoms with Crippen molar-refractivity contribution in [2.45, 2.75) is 37.1 Å². The van der Waals surface area contributed by atoms with Crippen LogP contribution in [0.25, 0.3) is 0 Å². The summed E-state index contributed by atoms with van der Waals surface area (Å²) in [5.41, 5.74) is 1.36. The van der Waals surface area contributed by atoms with E-state index in [2.05, 4.69) is 47.5 Å². The topological polar surface area (TPSA) is 58.6 Å². The molecule has 0 aromatic heterocycles. The van der Waals surface area contributed by atoms with Gasteiger partial charge >= 0.3 is 6.09 Å². The number of nitrogens with zero attached hydrogens (tertiary/aromatic N) is 1. The average molecular weight is 340 g/mol. The molecule has 2 amide bonds. The van der Waals surface area contributed by atoms with Crippen molar-refractivity contribution in [1.82, 2.24) is 10.2 Å². The van der Waals surface area contributed by atoms with Gasteiger partial charge in [0.15, 0.2) is 0 Å². The maximum atomic E-state index is 12.9. The van der Waals surface area contributed by atoms with E-state index in [4.69, 9.17) is 4.74 Å². The number of alkyl carbamates (subject to hydrolysis) is 1. The summed E-state index contributed by atoms with van der Waals surface area (Å²) in [6.45, 7) is 4.51. The molecular formula is C20H24N2O3. The van der Waals surface area contributed by atoms with Gasteiger partial charge in [0.1, 0.15) is 6.61 Å². The van der Waals surface area contributed by atoms with Crippen LogP contribution in [0.15, 0.2) is 30.3 Å². The molecule has 3 atom stereocenters. The molecule has 132 valence electrons. The first-order chi connectivity index (χ1) is 12.0. The second kappa shape index (κ2) is 4.99. The zero-order valence-corrected chi connectivity index (χ0v) is 14.5. The van der Waals surface area contributed by atoms with E-state index in [0.29, 0.717) is 18.4 Å². The number of rotatable bonds is 2. The van der Waals surface area contributed by atoms with E-state index < -0.39 is 0 Å². The second-order valence-corrected chi connectivity index (χ2v) is 8.61. The van der Waals surface area contributed by atoms with Gasteiger partial charge in [-0.15, -0.1) is 0 Å². The summed E-state index contributed by atoms with van der Waals surface area (Å²) in [5, 5.41) is 2.87. The van der Waals surface area contributed by atoms with E-state index >= 15 is 0 Å². The van der Waals surface area contributed by atoms with E-state index in [1.807, 2.05) is 0 Å². The van der Waals surface area contributed by atoms with Crippen molar-refractivity contribution in [1.29, 1.82) is 0 Å². The van der Waals surface area contributed by atoms with Crippen LogP contribution in [0, 0.1) is 17.8 Å². The monoisotopic (exact) mass is 340 g/mol. The summed E-state index contributed by atoms with van der Waals surface area (Å²) >= 11 is 0. The van der Waals surface area contributed by atoms with Gasteiger partial charge in [-0.1, -0.05) is 37.3 Å². The summed E-state index contributed by atoms with van der Waals surface area (Å²) in [7, 11) is 0. The third-order valence-electron chi connectivity index (χ3n) is 7.32. The smallest absolute Gasteiger partial charge is 0.407 e. The molecule has 2 unspecified atom stereocenters. The normalized spacial score (nSPS) is 41.6. The zero-order valence-electron chi connectivity index (χ0n) is 14.5. The Bertz CT molecular complexity index is 714. The average Bonchev–Trinajstić information content (AvgIpc) is 3.02. The lowest BCUT2D eigenvalue weighted by molar-refractivity contribution is -0.153. The number of fused-ring (bicyclic) bond motifs is 2. The van der Waals surface area contributed by atoms with E-state index in [-0.39, 0.29) is 28.9 Å². The van der Waals surface area contributed by atoms with Crippen molar-refractivity contribution in [2.24, 2.45) is 17.8 Å². The fourth-order valence-corrected chi connectivity index (χ4v) is 5.62. The number of hydrogen-bond acceptors (Lipinski definition) is 3. The minimum Gasteiger partial charge on any atom is -0.447 e. The molecule has 1 aromatic carbocycles. The fourth-order valence-electron chi connectivity index (χ4n) is 5.62. The van der Waals surface area contributed by atoms with Crippen molar-refractivity contribution in [3.05, 3.63) is 35.9 Å². The standard InChI is InChI=1S/C20H24N2O3/c1-19(14-5-3-2-4-6-14)15-7-16(19)11-22(10-15)17(23)13-8-20(9-13)12-25-18(24)21-20/h2-6,13,15-16H,7-12H2,1H3,(H,21,24)/t13?,15-,16?,19?,20?/m1/s1. The molecule has 0 radical (unpaired) electrons. The molecule has 2 saturated carbocycles. The Hall–Kier alpha value is -2.04. The lowest BCUT2D eigenvalue weighted by Gasteiger charge is -2.62. The van der Waals surface area contributed by atoms with Crippen LogP contribution >= 0.6 is 0 Å². The highest BCUT2D eigenvalue weighted by molar-refractivity contribution is 5.82. The van der Waals surface area contributed by atoms with Crippen LogP contribution < -0.4 is 5.32 Å². The van der Waals surface area contributed by atoms with Gasteiger partial charge in [0, 0.05) is 24.4 Å². The number of ether oxygens (including phenoxy) is 1. The van der Waals surface area contributed by atoms with Gasteiger partial charge in [-0.05, 0) is 36.7 Å². The van der Waals surface area contributed by atoms with Gasteiger partial charge in [-0.3, -0.25) is 4.79 Å². The SMILES string of the molecule is CC1(c2ccccc2)C2C[C@@H]1CN(C(=O)C1CC3(COC(=O)N3)C1)C2. The Morgan fingerprint density at radius 3 is 2.48 bits per heavy atom. The number of carbonyl (C=O) groups is 2.